The van der Waals surface area contributed by atoms with Crippen LogP contribution in [-0.2, 0) is 22.3 Å². The second kappa shape index (κ2) is 10.5. The molecule has 0 aromatic carbocycles. The molecular weight excluding hydrogens is 393 g/mol. The average Bonchev–Trinajstić information content (AvgIpc) is 3.17. The minimum atomic E-state index is -4.58. The first-order chi connectivity index (χ1) is 13.7. The third kappa shape index (κ3) is 6.96. The number of carbonyl (C=O) groups is 2. The highest BCUT2D eigenvalue weighted by Crippen LogP contribution is 2.26. The Morgan fingerprint density at radius 1 is 1.24 bits per heavy atom. The van der Waals surface area contributed by atoms with E-state index in [4.69, 9.17) is 9.90 Å². The van der Waals surface area contributed by atoms with Crippen molar-refractivity contribution in [1.82, 2.24) is 30.3 Å². The van der Waals surface area contributed by atoms with E-state index in [1.165, 1.54) is 12.8 Å². The molecule has 2 aliphatic rings. The van der Waals surface area contributed by atoms with E-state index in [9.17, 15) is 18.0 Å². The van der Waals surface area contributed by atoms with Gasteiger partial charge in [-0.25, -0.2) is 4.98 Å². The number of aromatic nitrogens is 3. The smallest absolute Gasteiger partial charge is 0.453 e. The average molecular weight is 420 g/mol. The highest BCUT2D eigenvalue weighted by molar-refractivity contribution is 5.78. The SMILES string of the molecule is CN1CCC(N2CCC(C(=O)NCc3nc(C(F)(F)F)n[nH]3)CC2)CC1.O=CO. The molecule has 0 atom stereocenters. The number of hydrogen-bond acceptors (Lipinski definition) is 6. The summed E-state index contributed by atoms with van der Waals surface area (Å²) in [5.74, 6) is -1.43. The molecule has 2 aliphatic heterocycles. The lowest BCUT2D eigenvalue weighted by atomic mass is 9.93. The molecule has 0 bridgehead atoms. The Morgan fingerprint density at radius 3 is 2.34 bits per heavy atom. The Kier molecular flexibility index (Phi) is 8.38. The minimum Gasteiger partial charge on any atom is -0.483 e. The van der Waals surface area contributed by atoms with Gasteiger partial charge >= 0.3 is 6.18 Å². The Bertz CT molecular complexity index is 653. The molecule has 3 N–H and O–H groups in total. The zero-order valence-electron chi connectivity index (χ0n) is 16.3. The lowest BCUT2D eigenvalue weighted by Gasteiger charge is -2.40. The standard InChI is InChI=1S/C16H25F3N6O.CH2O2/c1-24-6-4-12(5-7-24)25-8-2-11(3-9-25)14(26)20-10-13-21-15(23-22-13)16(17,18)19;2-1-3/h11-12H,2-10H2,1H3,(H,20,26)(H,21,22,23);1H,(H,2,3). The van der Waals surface area contributed by atoms with E-state index in [1.54, 1.807) is 0 Å². The van der Waals surface area contributed by atoms with Crippen LogP contribution < -0.4 is 5.32 Å². The summed E-state index contributed by atoms with van der Waals surface area (Å²) in [4.78, 5) is 28.8. The molecule has 164 valence electrons. The lowest BCUT2D eigenvalue weighted by molar-refractivity contribution is -0.144. The van der Waals surface area contributed by atoms with Gasteiger partial charge < -0.3 is 20.2 Å². The summed E-state index contributed by atoms with van der Waals surface area (Å²) >= 11 is 0. The Labute approximate surface area is 166 Å². The molecule has 3 rings (SSSR count). The summed E-state index contributed by atoms with van der Waals surface area (Å²) in [5.41, 5.74) is 0. The number of amides is 1. The molecule has 1 aromatic rings. The highest BCUT2D eigenvalue weighted by atomic mass is 19.4. The first-order valence-corrected chi connectivity index (χ1v) is 9.51. The monoisotopic (exact) mass is 420 g/mol. The van der Waals surface area contributed by atoms with E-state index < -0.39 is 12.0 Å². The molecule has 0 spiro atoms. The fourth-order valence-electron chi connectivity index (χ4n) is 3.70. The van der Waals surface area contributed by atoms with Gasteiger partial charge in [-0.2, -0.15) is 13.2 Å². The summed E-state index contributed by atoms with van der Waals surface area (Å²) in [6.07, 6.45) is -0.689. The fourth-order valence-corrected chi connectivity index (χ4v) is 3.70. The van der Waals surface area contributed by atoms with Gasteiger partial charge in [0.25, 0.3) is 12.3 Å². The number of rotatable bonds is 4. The lowest BCUT2D eigenvalue weighted by Crippen LogP contribution is -2.48. The van der Waals surface area contributed by atoms with Gasteiger partial charge in [0.1, 0.15) is 5.82 Å². The molecule has 0 aliphatic carbocycles. The molecule has 1 aromatic heterocycles. The van der Waals surface area contributed by atoms with Crippen LogP contribution in [0.5, 0.6) is 0 Å². The molecule has 3 heterocycles. The molecule has 0 unspecified atom stereocenters. The summed E-state index contributed by atoms with van der Waals surface area (Å²) in [5, 5.41) is 14.9. The maximum Gasteiger partial charge on any atom is 0.453 e. The normalized spacial score (nSPS) is 20.0. The summed E-state index contributed by atoms with van der Waals surface area (Å²) in [6.45, 7) is 3.70. The Balaban J connectivity index is 0.000000941. The number of carboxylic acid groups (broad SMARTS) is 1. The van der Waals surface area contributed by atoms with Crippen molar-refractivity contribution >= 4 is 12.4 Å². The number of H-pyrrole nitrogens is 1. The molecule has 12 heteroatoms. The van der Waals surface area contributed by atoms with Crippen LogP contribution in [-0.4, -0.2) is 81.7 Å². The van der Waals surface area contributed by atoms with Crippen molar-refractivity contribution in [2.45, 2.75) is 44.4 Å². The van der Waals surface area contributed by atoms with Crippen molar-refractivity contribution in [2.24, 2.45) is 5.92 Å². The number of aromatic amines is 1. The number of likely N-dealkylation sites (tertiary alicyclic amines) is 2. The van der Waals surface area contributed by atoms with E-state index in [0.717, 1.165) is 39.0 Å². The predicted molar refractivity (Wildman–Crippen MR) is 96.7 cm³/mol. The third-order valence-corrected chi connectivity index (χ3v) is 5.32. The first kappa shape index (κ1) is 23.1. The van der Waals surface area contributed by atoms with Gasteiger partial charge in [-0.05, 0) is 58.9 Å². The van der Waals surface area contributed by atoms with Crippen molar-refractivity contribution in [2.75, 3.05) is 33.2 Å². The van der Waals surface area contributed by atoms with Crippen LogP contribution in [0.25, 0.3) is 0 Å². The largest absolute Gasteiger partial charge is 0.483 e. The van der Waals surface area contributed by atoms with Crippen molar-refractivity contribution in [1.29, 1.82) is 0 Å². The third-order valence-electron chi connectivity index (χ3n) is 5.32. The Morgan fingerprint density at radius 2 is 1.83 bits per heavy atom. The quantitative estimate of drug-likeness (QED) is 0.621. The van der Waals surface area contributed by atoms with Crippen LogP contribution in [0.1, 0.15) is 37.3 Å². The molecule has 1 amide bonds. The van der Waals surface area contributed by atoms with Crippen LogP contribution in [0.4, 0.5) is 13.2 Å². The van der Waals surface area contributed by atoms with E-state index >= 15 is 0 Å². The molecule has 0 saturated carbocycles. The van der Waals surface area contributed by atoms with Crippen molar-refractivity contribution in [3.63, 3.8) is 0 Å². The maximum absolute atomic E-state index is 12.5. The molecule has 0 radical (unpaired) electrons. The van der Waals surface area contributed by atoms with Gasteiger partial charge in [-0.3, -0.25) is 14.7 Å². The number of nitrogens with zero attached hydrogens (tertiary/aromatic N) is 4. The van der Waals surface area contributed by atoms with Gasteiger partial charge in [0, 0.05) is 12.0 Å². The second-order valence-corrected chi connectivity index (χ2v) is 7.27. The summed E-state index contributed by atoms with van der Waals surface area (Å²) in [7, 11) is 2.14. The molecule has 29 heavy (non-hydrogen) atoms. The van der Waals surface area contributed by atoms with Crippen LogP contribution in [0.2, 0.25) is 0 Å². The highest BCUT2D eigenvalue weighted by Gasteiger charge is 2.36. The van der Waals surface area contributed by atoms with Gasteiger partial charge in [-0.1, -0.05) is 0 Å². The van der Waals surface area contributed by atoms with Crippen molar-refractivity contribution in [3.05, 3.63) is 11.6 Å². The van der Waals surface area contributed by atoms with E-state index in [0.29, 0.717) is 6.04 Å². The van der Waals surface area contributed by atoms with E-state index in [-0.39, 0.29) is 30.7 Å². The Hall–Kier alpha value is -2.21. The second-order valence-electron chi connectivity index (χ2n) is 7.27. The molecule has 2 fully saturated rings. The van der Waals surface area contributed by atoms with Gasteiger partial charge in [0.05, 0.1) is 6.54 Å². The number of alkyl halides is 3. The van der Waals surface area contributed by atoms with Crippen LogP contribution in [0.3, 0.4) is 0 Å². The van der Waals surface area contributed by atoms with Crippen LogP contribution in [0.15, 0.2) is 0 Å². The van der Waals surface area contributed by atoms with Gasteiger partial charge in [0.2, 0.25) is 5.91 Å². The van der Waals surface area contributed by atoms with Crippen LogP contribution in [0, 0.1) is 5.92 Å². The van der Waals surface area contributed by atoms with Crippen molar-refractivity contribution in [3.8, 4) is 0 Å². The molecule has 2 saturated heterocycles. The fraction of sp³-hybridized carbons (Fsp3) is 0.765. The predicted octanol–water partition coefficient (Wildman–Crippen LogP) is 0.947. The summed E-state index contributed by atoms with van der Waals surface area (Å²) < 4.78 is 37.4. The number of hydrogen-bond donors (Lipinski definition) is 3. The number of nitrogens with one attached hydrogen (secondary N) is 2. The van der Waals surface area contributed by atoms with Crippen molar-refractivity contribution < 1.29 is 27.9 Å². The zero-order chi connectivity index (χ0) is 21.4. The van der Waals surface area contributed by atoms with Gasteiger partial charge in [0.15, 0.2) is 0 Å². The maximum atomic E-state index is 12.5. The number of piperidine rings is 2. The first-order valence-electron chi connectivity index (χ1n) is 9.51. The zero-order valence-corrected chi connectivity index (χ0v) is 16.3. The van der Waals surface area contributed by atoms with Crippen LogP contribution >= 0.6 is 0 Å². The van der Waals surface area contributed by atoms with E-state index in [1.807, 2.05) is 0 Å². The number of carbonyl (C=O) groups excluding carboxylic acids is 1. The topological polar surface area (TPSA) is 114 Å². The van der Waals surface area contributed by atoms with E-state index in [2.05, 4.69) is 37.3 Å². The minimum absolute atomic E-state index is 0.00874. The van der Waals surface area contributed by atoms with Gasteiger partial charge in [-0.15, -0.1) is 5.10 Å². The molecular formula is C17H27F3N6O3. The number of halogens is 3. The molecule has 9 nitrogen and oxygen atoms in total. The summed E-state index contributed by atoms with van der Waals surface area (Å²) in [6, 6.07) is 0.602.